The van der Waals surface area contributed by atoms with E-state index in [4.69, 9.17) is 4.74 Å². The van der Waals surface area contributed by atoms with Crippen molar-refractivity contribution in [3.8, 4) is 0 Å². The Morgan fingerprint density at radius 2 is 1.79 bits per heavy atom. The lowest BCUT2D eigenvalue weighted by molar-refractivity contribution is -0.113. The summed E-state index contributed by atoms with van der Waals surface area (Å²) in [5.41, 5.74) is 1.45. The maximum absolute atomic E-state index is 12.4. The minimum Gasteiger partial charge on any atom is -0.462 e. The number of nitrogens with zero attached hydrogens (tertiary/aromatic N) is 3. The van der Waals surface area contributed by atoms with Crippen molar-refractivity contribution in [2.24, 2.45) is 7.05 Å². The fourth-order valence-electron chi connectivity index (χ4n) is 3.09. The normalized spacial score (nSPS) is 11.5. The minimum atomic E-state index is -0.424. The molecule has 1 heterocycles. The summed E-state index contributed by atoms with van der Waals surface area (Å²) >= 11 is 1.22. The third-order valence-corrected chi connectivity index (χ3v) is 5.81. The number of hydrogen-bond acceptors (Lipinski definition) is 7. The fraction of sp³-hybridized carbons (Fsp3) is 0.292. The van der Waals surface area contributed by atoms with Crippen LogP contribution in [0.2, 0.25) is 0 Å². The first-order valence-corrected chi connectivity index (χ1v) is 11.8. The monoisotopic (exact) mass is 481 g/mol. The van der Waals surface area contributed by atoms with E-state index in [1.807, 2.05) is 19.9 Å². The molecule has 1 atom stereocenters. The molecule has 0 radical (unpaired) electrons. The number of anilines is 1. The van der Waals surface area contributed by atoms with Crippen LogP contribution in [-0.2, 0) is 16.6 Å². The zero-order valence-electron chi connectivity index (χ0n) is 19.3. The van der Waals surface area contributed by atoms with Crippen LogP contribution in [0, 0.1) is 0 Å². The molecule has 178 valence electrons. The summed E-state index contributed by atoms with van der Waals surface area (Å²) in [4.78, 5) is 36.8. The number of carbonyl (C=O) groups is 3. The smallest absolute Gasteiger partial charge is 0.338 e. The predicted molar refractivity (Wildman–Crippen MR) is 130 cm³/mol. The highest BCUT2D eigenvalue weighted by Crippen LogP contribution is 2.20. The number of hydrogen-bond donors (Lipinski definition) is 2. The molecule has 3 aromatic rings. The number of thioether (sulfide) groups is 1. The number of nitrogens with one attached hydrogen (secondary N) is 2. The van der Waals surface area contributed by atoms with Crippen LogP contribution < -0.4 is 10.6 Å². The lowest BCUT2D eigenvalue weighted by Gasteiger charge is -2.13. The van der Waals surface area contributed by atoms with Crippen molar-refractivity contribution in [2.75, 3.05) is 17.7 Å². The van der Waals surface area contributed by atoms with Gasteiger partial charge in [0.1, 0.15) is 0 Å². The summed E-state index contributed by atoms with van der Waals surface area (Å²) in [5.74, 6) is -0.205. The lowest BCUT2D eigenvalue weighted by atomic mass is 10.2. The van der Waals surface area contributed by atoms with Gasteiger partial charge in [-0.25, -0.2) is 4.79 Å². The molecule has 2 N–H and O–H groups in total. The molecule has 9 nitrogen and oxygen atoms in total. The van der Waals surface area contributed by atoms with Gasteiger partial charge in [0.15, 0.2) is 11.0 Å². The number of benzene rings is 2. The first-order chi connectivity index (χ1) is 16.4. The second kappa shape index (κ2) is 12.0. The molecule has 34 heavy (non-hydrogen) atoms. The van der Waals surface area contributed by atoms with Crippen LogP contribution in [0.3, 0.4) is 0 Å². The summed E-state index contributed by atoms with van der Waals surface area (Å²) in [6, 6.07) is 15.2. The van der Waals surface area contributed by atoms with Gasteiger partial charge in [-0.15, -0.1) is 10.2 Å². The maximum atomic E-state index is 12.4. The van der Waals surface area contributed by atoms with Crippen LogP contribution in [0.1, 0.15) is 52.9 Å². The topological polar surface area (TPSA) is 115 Å². The third-order valence-electron chi connectivity index (χ3n) is 4.79. The van der Waals surface area contributed by atoms with Crippen molar-refractivity contribution in [1.29, 1.82) is 0 Å². The van der Waals surface area contributed by atoms with E-state index in [0.29, 0.717) is 34.4 Å². The Bertz CT molecular complexity index is 1150. The summed E-state index contributed by atoms with van der Waals surface area (Å²) in [6.45, 7) is 4.09. The average molecular weight is 482 g/mol. The van der Waals surface area contributed by atoms with E-state index in [9.17, 15) is 14.4 Å². The Labute approximate surface area is 202 Å². The first kappa shape index (κ1) is 25.0. The molecule has 0 fully saturated rings. The van der Waals surface area contributed by atoms with Crippen molar-refractivity contribution in [1.82, 2.24) is 20.1 Å². The highest BCUT2D eigenvalue weighted by Gasteiger charge is 2.19. The Hall–Kier alpha value is -3.66. The second-order valence-corrected chi connectivity index (χ2v) is 8.46. The highest BCUT2D eigenvalue weighted by atomic mass is 32.2. The molecule has 0 unspecified atom stereocenters. The van der Waals surface area contributed by atoms with Gasteiger partial charge in [0.2, 0.25) is 5.91 Å². The quantitative estimate of drug-likeness (QED) is 0.336. The van der Waals surface area contributed by atoms with Crippen LogP contribution in [0.5, 0.6) is 0 Å². The van der Waals surface area contributed by atoms with Crippen LogP contribution >= 0.6 is 11.8 Å². The molecule has 0 aliphatic heterocycles. The maximum Gasteiger partial charge on any atom is 0.338 e. The number of rotatable bonds is 10. The van der Waals surface area contributed by atoms with Crippen molar-refractivity contribution in [3.63, 3.8) is 0 Å². The molecule has 0 saturated heterocycles. The van der Waals surface area contributed by atoms with Crippen LogP contribution in [0.4, 0.5) is 5.69 Å². The van der Waals surface area contributed by atoms with Gasteiger partial charge < -0.3 is 19.9 Å². The van der Waals surface area contributed by atoms with Crippen LogP contribution in [0.25, 0.3) is 0 Å². The summed E-state index contributed by atoms with van der Waals surface area (Å²) < 4.78 is 6.87. The van der Waals surface area contributed by atoms with Crippen molar-refractivity contribution >= 4 is 35.2 Å². The SMILES string of the molecule is CCCOC(=O)c1cccc(NC(=O)CSc2nnc([C@@H](C)NC(=O)c3ccccc3)n2C)c1. The van der Waals surface area contributed by atoms with E-state index in [2.05, 4.69) is 20.8 Å². The Balaban J connectivity index is 1.55. The minimum absolute atomic E-state index is 0.0984. The number of esters is 1. The average Bonchev–Trinajstić information content (AvgIpc) is 3.22. The Morgan fingerprint density at radius 3 is 2.53 bits per heavy atom. The van der Waals surface area contributed by atoms with Gasteiger partial charge in [-0.1, -0.05) is 43.0 Å². The highest BCUT2D eigenvalue weighted by molar-refractivity contribution is 7.99. The summed E-state index contributed by atoms with van der Waals surface area (Å²) in [6.07, 6.45) is 0.737. The van der Waals surface area contributed by atoms with Gasteiger partial charge in [0, 0.05) is 18.3 Å². The molecule has 0 spiro atoms. The van der Waals surface area contributed by atoms with Gasteiger partial charge in [0.05, 0.1) is 24.0 Å². The van der Waals surface area contributed by atoms with E-state index in [1.165, 1.54) is 11.8 Å². The van der Waals surface area contributed by atoms with Crippen molar-refractivity contribution in [3.05, 3.63) is 71.5 Å². The predicted octanol–water partition coefficient (Wildman–Crippen LogP) is 3.60. The van der Waals surface area contributed by atoms with Crippen molar-refractivity contribution in [2.45, 2.75) is 31.5 Å². The molecule has 2 aromatic carbocycles. The van der Waals surface area contributed by atoms with E-state index >= 15 is 0 Å². The molecule has 0 saturated carbocycles. The Kier molecular flexibility index (Phi) is 8.80. The van der Waals surface area contributed by atoms with E-state index < -0.39 is 5.97 Å². The molecule has 2 amide bonds. The number of ether oxygens (including phenoxy) is 1. The number of aromatic nitrogens is 3. The van der Waals surface area contributed by atoms with E-state index in [1.54, 1.807) is 60.1 Å². The third kappa shape index (κ3) is 6.67. The molecule has 10 heteroatoms. The summed E-state index contributed by atoms with van der Waals surface area (Å²) in [7, 11) is 1.78. The Morgan fingerprint density at radius 1 is 1.06 bits per heavy atom. The van der Waals surface area contributed by atoms with Gasteiger partial charge >= 0.3 is 5.97 Å². The molecule has 1 aromatic heterocycles. The van der Waals surface area contributed by atoms with Gasteiger partial charge in [-0.2, -0.15) is 0 Å². The molecule has 0 aliphatic rings. The number of carbonyl (C=O) groups excluding carboxylic acids is 3. The van der Waals surface area contributed by atoms with Crippen LogP contribution in [-0.4, -0.2) is 44.9 Å². The molecular formula is C24H27N5O4S. The summed E-state index contributed by atoms with van der Waals surface area (Å²) in [5, 5.41) is 14.5. The van der Waals surface area contributed by atoms with Gasteiger partial charge in [-0.05, 0) is 43.7 Å². The fourth-order valence-corrected chi connectivity index (χ4v) is 3.81. The molecular weight excluding hydrogens is 454 g/mol. The zero-order chi connectivity index (χ0) is 24.5. The van der Waals surface area contributed by atoms with Gasteiger partial charge in [0.25, 0.3) is 5.91 Å². The standard InChI is InChI=1S/C24H27N5O4S/c1-4-13-33-23(32)18-11-8-12-19(14-18)26-20(30)15-34-24-28-27-21(29(24)3)16(2)25-22(31)17-9-6-5-7-10-17/h5-12,14,16H,4,13,15H2,1-3H3,(H,25,31)(H,26,30)/t16-/m1/s1. The van der Waals surface area contributed by atoms with Crippen LogP contribution in [0.15, 0.2) is 59.8 Å². The number of amides is 2. The first-order valence-electron chi connectivity index (χ1n) is 10.8. The van der Waals surface area contributed by atoms with E-state index in [-0.39, 0.29) is 23.6 Å². The molecule has 3 rings (SSSR count). The van der Waals surface area contributed by atoms with Crippen molar-refractivity contribution < 1.29 is 19.1 Å². The zero-order valence-corrected chi connectivity index (χ0v) is 20.1. The lowest BCUT2D eigenvalue weighted by Crippen LogP contribution is -2.28. The van der Waals surface area contributed by atoms with E-state index in [0.717, 1.165) is 6.42 Å². The molecule has 0 bridgehead atoms. The largest absolute Gasteiger partial charge is 0.462 e. The molecule has 0 aliphatic carbocycles. The van der Waals surface area contributed by atoms with Gasteiger partial charge in [-0.3, -0.25) is 9.59 Å². The second-order valence-electron chi connectivity index (χ2n) is 7.51.